The molecule has 0 N–H and O–H groups in total. The molecule has 25 heavy (non-hydrogen) atoms. The van der Waals surface area contributed by atoms with Crippen LogP contribution in [0.1, 0.15) is 23.1 Å². The number of benzene rings is 3. The highest BCUT2D eigenvalue weighted by Crippen LogP contribution is 2.40. The average Bonchev–Trinajstić information content (AvgIpc) is 3.52. The van der Waals surface area contributed by atoms with Crippen molar-refractivity contribution < 1.29 is 9.47 Å². The third-order valence-electron chi connectivity index (χ3n) is 4.70. The summed E-state index contributed by atoms with van der Waals surface area (Å²) >= 11 is 0. The third kappa shape index (κ3) is 3.37. The summed E-state index contributed by atoms with van der Waals surface area (Å²) in [5.41, 5.74) is 2.82. The zero-order valence-corrected chi connectivity index (χ0v) is 14.2. The largest absolute Gasteiger partial charge is 0.373 e. The molecule has 0 spiro atoms. The first-order valence-electron chi connectivity index (χ1n) is 8.82. The number of hydrogen-bond donors (Lipinski definition) is 0. The topological polar surface area (TPSA) is 21.8 Å². The van der Waals surface area contributed by atoms with Gasteiger partial charge in [-0.2, -0.15) is 0 Å². The van der Waals surface area contributed by atoms with Crippen LogP contribution in [-0.2, 0) is 15.1 Å². The second-order valence-corrected chi connectivity index (χ2v) is 6.37. The van der Waals surface area contributed by atoms with Crippen molar-refractivity contribution in [3.05, 3.63) is 108 Å². The Morgan fingerprint density at radius 3 is 1.48 bits per heavy atom. The first-order valence-corrected chi connectivity index (χ1v) is 8.82. The highest BCUT2D eigenvalue weighted by molar-refractivity contribution is 5.47. The number of epoxide rings is 1. The Kier molecular flexibility index (Phi) is 4.64. The summed E-state index contributed by atoms with van der Waals surface area (Å²) in [6.07, 6.45) is 1.29. The van der Waals surface area contributed by atoms with E-state index in [0.29, 0.717) is 12.7 Å². The molecule has 0 bridgehead atoms. The van der Waals surface area contributed by atoms with Crippen molar-refractivity contribution >= 4 is 0 Å². The zero-order chi connectivity index (χ0) is 17.0. The molecule has 1 saturated heterocycles. The van der Waals surface area contributed by atoms with Gasteiger partial charge in [-0.3, -0.25) is 0 Å². The Morgan fingerprint density at radius 2 is 1.12 bits per heavy atom. The summed E-state index contributed by atoms with van der Waals surface area (Å²) in [6.45, 7) is 1.52. The van der Waals surface area contributed by atoms with E-state index in [1.807, 2.05) is 18.2 Å². The molecule has 0 unspecified atom stereocenters. The average molecular weight is 330 g/mol. The summed E-state index contributed by atoms with van der Waals surface area (Å²) in [5.74, 6) is 0. The van der Waals surface area contributed by atoms with Crippen molar-refractivity contribution in [1.82, 2.24) is 0 Å². The molecule has 1 heterocycles. The van der Waals surface area contributed by atoms with Gasteiger partial charge in [0.05, 0.1) is 19.3 Å². The van der Waals surface area contributed by atoms with Crippen LogP contribution in [-0.4, -0.2) is 19.3 Å². The Morgan fingerprint density at radius 1 is 0.720 bits per heavy atom. The van der Waals surface area contributed by atoms with Crippen molar-refractivity contribution in [2.24, 2.45) is 0 Å². The summed E-state index contributed by atoms with van der Waals surface area (Å²) in [7, 11) is 0. The van der Waals surface area contributed by atoms with Crippen LogP contribution in [0.15, 0.2) is 91.0 Å². The van der Waals surface area contributed by atoms with Gasteiger partial charge >= 0.3 is 0 Å². The predicted molar refractivity (Wildman–Crippen MR) is 99.5 cm³/mol. The van der Waals surface area contributed by atoms with Crippen molar-refractivity contribution in [2.45, 2.75) is 18.1 Å². The summed E-state index contributed by atoms with van der Waals surface area (Å²) in [5, 5.41) is 0. The van der Waals surface area contributed by atoms with Gasteiger partial charge < -0.3 is 9.47 Å². The van der Waals surface area contributed by atoms with Crippen molar-refractivity contribution in [3.63, 3.8) is 0 Å². The maximum absolute atomic E-state index is 6.66. The van der Waals surface area contributed by atoms with Crippen LogP contribution >= 0.6 is 0 Å². The van der Waals surface area contributed by atoms with E-state index in [4.69, 9.17) is 9.47 Å². The SMILES string of the molecule is c1ccc(C(OCC[C@H]2CO2)(c2ccccc2)c2ccccc2)cc1. The second kappa shape index (κ2) is 7.22. The quantitative estimate of drug-likeness (QED) is 0.459. The van der Waals surface area contributed by atoms with E-state index in [1.165, 1.54) is 0 Å². The van der Waals surface area contributed by atoms with Gasteiger partial charge in [0.15, 0.2) is 0 Å². The minimum atomic E-state index is -0.612. The molecule has 1 fully saturated rings. The zero-order valence-electron chi connectivity index (χ0n) is 14.2. The van der Waals surface area contributed by atoms with E-state index in [0.717, 1.165) is 29.7 Å². The molecule has 0 aromatic heterocycles. The highest BCUT2D eigenvalue weighted by Gasteiger charge is 2.38. The van der Waals surface area contributed by atoms with E-state index in [-0.39, 0.29) is 0 Å². The van der Waals surface area contributed by atoms with Crippen LogP contribution in [0.25, 0.3) is 0 Å². The predicted octanol–water partition coefficient (Wildman–Crippen LogP) is 4.78. The summed E-state index contributed by atoms with van der Waals surface area (Å²) in [6, 6.07) is 31.4. The molecule has 1 aliphatic rings. The normalized spacial score (nSPS) is 16.6. The van der Waals surface area contributed by atoms with Gasteiger partial charge in [-0.05, 0) is 23.1 Å². The molecule has 0 radical (unpaired) electrons. The van der Waals surface area contributed by atoms with Crippen molar-refractivity contribution in [3.8, 4) is 0 Å². The van der Waals surface area contributed by atoms with Gasteiger partial charge in [0.25, 0.3) is 0 Å². The van der Waals surface area contributed by atoms with E-state index in [9.17, 15) is 0 Å². The smallest absolute Gasteiger partial charge is 0.143 e. The highest BCUT2D eigenvalue weighted by atomic mass is 16.6. The van der Waals surface area contributed by atoms with Gasteiger partial charge in [-0.15, -0.1) is 0 Å². The van der Waals surface area contributed by atoms with Crippen LogP contribution in [0.4, 0.5) is 0 Å². The van der Waals surface area contributed by atoms with Gasteiger partial charge in [0.1, 0.15) is 5.60 Å². The molecule has 3 aromatic carbocycles. The molecule has 0 aliphatic carbocycles. The molecular weight excluding hydrogens is 308 g/mol. The summed E-state index contributed by atoms with van der Waals surface area (Å²) < 4.78 is 12.0. The number of rotatable bonds is 7. The Balaban J connectivity index is 1.84. The number of hydrogen-bond acceptors (Lipinski definition) is 2. The van der Waals surface area contributed by atoms with Crippen LogP contribution in [0.5, 0.6) is 0 Å². The maximum Gasteiger partial charge on any atom is 0.143 e. The van der Waals surface area contributed by atoms with E-state index >= 15 is 0 Å². The fraction of sp³-hybridized carbons (Fsp3) is 0.217. The molecule has 126 valence electrons. The fourth-order valence-corrected chi connectivity index (χ4v) is 3.35. The Bertz CT molecular complexity index is 683. The molecule has 3 aromatic rings. The lowest BCUT2D eigenvalue weighted by atomic mass is 9.80. The Hall–Kier alpha value is -2.42. The molecular formula is C23H22O2. The first-order chi connectivity index (χ1) is 12.4. The van der Waals surface area contributed by atoms with Crippen LogP contribution in [0, 0.1) is 0 Å². The molecule has 2 nitrogen and oxygen atoms in total. The maximum atomic E-state index is 6.66. The lowest BCUT2D eigenvalue weighted by molar-refractivity contribution is 0.00902. The minimum Gasteiger partial charge on any atom is -0.373 e. The molecule has 1 atom stereocenters. The van der Waals surface area contributed by atoms with E-state index in [1.54, 1.807) is 0 Å². The molecule has 4 rings (SSSR count). The van der Waals surface area contributed by atoms with Crippen molar-refractivity contribution in [2.75, 3.05) is 13.2 Å². The lowest BCUT2D eigenvalue weighted by Crippen LogP contribution is -2.33. The molecule has 0 saturated carbocycles. The third-order valence-corrected chi connectivity index (χ3v) is 4.70. The van der Waals surface area contributed by atoms with Crippen molar-refractivity contribution in [1.29, 1.82) is 0 Å². The molecule has 1 aliphatic heterocycles. The molecule has 2 heteroatoms. The first kappa shape index (κ1) is 16.1. The van der Waals surface area contributed by atoms with E-state index < -0.39 is 5.60 Å². The van der Waals surface area contributed by atoms with Gasteiger partial charge in [-0.25, -0.2) is 0 Å². The van der Waals surface area contributed by atoms with Gasteiger partial charge in [-0.1, -0.05) is 91.0 Å². The standard InChI is InChI=1S/C23H22O2/c1-4-10-19(11-5-1)23(20-12-6-2-7-13-20,21-14-8-3-9-15-21)25-17-16-22-18-24-22/h1-15,22H,16-18H2/t22-/m0/s1. The van der Waals surface area contributed by atoms with E-state index in [2.05, 4.69) is 72.8 Å². The van der Waals surface area contributed by atoms with Crippen LogP contribution in [0.3, 0.4) is 0 Å². The Labute approximate surface area is 149 Å². The van der Waals surface area contributed by atoms with Gasteiger partial charge in [0, 0.05) is 0 Å². The minimum absolute atomic E-state index is 0.361. The lowest BCUT2D eigenvalue weighted by Gasteiger charge is -2.36. The fourth-order valence-electron chi connectivity index (χ4n) is 3.35. The summed E-state index contributed by atoms with van der Waals surface area (Å²) in [4.78, 5) is 0. The van der Waals surface area contributed by atoms with Crippen LogP contribution in [0.2, 0.25) is 0 Å². The van der Waals surface area contributed by atoms with Gasteiger partial charge in [0.2, 0.25) is 0 Å². The second-order valence-electron chi connectivity index (χ2n) is 6.37. The number of ether oxygens (including phenoxy) is 2. The monoisotopic (exact) mass is 330 g/mol. The van der Waals surface area contributed by atoms with Crippen LogP contribution < -0.4 is 0 Å². The molecule has 0 amide bonds.